The molecule has 0 radical (unpaired) electrons. The number of aryl methyl sites for hydroxylation is 1. The minimum Gasteiger partial charge on any atom is -0.324 e. The standard InChI is InChI=1S/C24H24N2O2S3/c1-13-5-2-3-6-16(13)25-18(27)12-26-23-22(31-24(26)28)20(17-7-4-10-29-17)19-14-8-9-15(11-14)21(19)30-23/h2-7,10,14-15,19-21H,8-9,11-12H2,1H3,(H,25,27)/t14?,15?,19?,20-,21?/m1/s1. The summed E-state index contributed by atoms with van der Waals surface area (Å²) in [5.74, 6) is 2.33. The minimum absolute atomic E-state index is 0.00805. The number of hydrogen-bond acceptors (Lipinski definition) is 5. The molecule has 2 aliphatic carbocycles. The number of amides is 1. The number of carbonyl (C=O) groups is 1. The number of nitrogens with zero attached hydrogens (tertiary/aromatic N) is 1. The Labute approximate surface area is 193 Å². The van der Waals surface area contributed by atoms with Crippen molar-refractivity contribution in [2.45, 2.75) is 48.9 Å². The number of para-hydroxylation sites is 1. The molecule has 7 heteroatoms. The summed E-state index contributed by atoms with van der Waals surface area (Å²) in [4.78, 5) is 28.5. The molecule has 3 aromatic rings. The number of anilines is 1. The fraction of sp³-hybridized carbons (Fsp3) is 0.417. The second kappa shape index (κ2) is 7.64. The molecule has 1 aromatic carbocycles. The molecule has 2 saturated carbocycles. The zero-order chi connectivity index (χ0) is 21.1. The van der Waals surface area contributed by atoms with E-state index in [4.69, 9.17) is 0 Å². The SMILES string of the molecule is Cc1ccccc1NC(=O)Cn1c2c(sc1=O)[C@H](c1cccs1)C1C3CCC(C3)C1S2. The van der Waals surface area contributed by atoms with Crippen LogP contribution in [0.3, 0.4) is 0 Å². The Morgan fingerprint density at radius 2 is 2.00 bits per heavy atom. The molecule has 3 heterocycles. The molecule has 2 aromatic heterocycles. The minimum atomic E-state index is -0.139. The summed E-state index contributed by atoms with van der Waals surface area (Å²) >= 11 is 5.06. The number of thiophene rings is 1. The number of carbonyl (C=O) groups excluding carboxylic acids is 1. The average molecular weight is 469 g/mol. The van der Waals surface area contributed by atoms with Crippen LogP contribution in [0.1, 0.15) is 40.5 Å². The van der Waals surface area contributed by atoms with E-state index < -0.39 is 0 Å². The normalized spacial score (nSPS) is 28.4. The van der Waals surface area contributed by atoms with Gasteiger partial charge in [0.15, 0.2) is 0 Å². The average Bonchev–Trinajstić information content (AvgIpc) is 3.54. The van der Waals surface area contributed by atoms with Gasteiger partial charge in [-0.2, -0.15) is 0 Å². The molecule has 4 nitrogen and oxygen atoms in total. The van der Waals surface area contributed by atoms with E-state index in [-0.39, 0.29) is 17.3 Å². The molecule has 5 atom stereocenters. The van der Waals surface area contributed by atoms with Gasteiger partial charge in [-0.1, -0.05) is 35.6 Å². The zero-order valence-electron chi connectivity index (χ0n) is 17.2. The fourth-order valence-corrected chi connectivity index (χ4v) is 10.0. The molecule has 1 aliphatic heterocycles. The monoisotopic (exact) mass is 468 g/mol. The van der Waals surface area contributed by atoms with E-state index in [1.165, 1.54) is 40.4 Å². The lowest BCUT2D eigenvalue weighted by atomic mass is 9.77. The van der Waals surface area contributed by atoms with Crippen molar-refractivity contribution in [2.24, 2.45) is 17.8 Å². The van der Waals surface area contributed by atoms with Crippen LogP contribution in [-0.2, 0) is 11.3 Å². The van der Waals surface area contributed by atoms with E-state index in [1.54, 1.807) is 4.57 Å². The lowest BCUT2D eigenvalue weighted by Crippen LogP contribution is -2.34. The van der Waals surface area contributed by atoms with Crippen LogP contribution < -0.4 is 10.2 Å². The third-order valence-electron chi connectivity index (χ3n) is 7.26. The third kappa shape index (κ3) is 3.24. The Morgan fingerprint density at radius 3 is 2.81 bits per heavy atom. The number of hydrogen-bond donors (Lipinski definition) is 1. The second-order valence-electron chi connectivity index (χ2n) is 8.97. The molecular formula is C24H24N2O2S3. The number of thioether (sulfide) groups is 1. The van der Waals surface area contributed by atoms with Crippen LogP contribution in [0.15, 0.2) is 51.6 Å². The van der Waals surface area contributed by atoms with Crippen LogP contribution >= 0.6 is 34.4 Å². The maximum Gasteiger partial charge on any atom is 0.308 e. The van der Waals surface area contributed by atoms with Crippen LogP contribution in [0.2, 0.25) is 0 Å². The van der Waals surface area contributed by atoms with Crippen LogP contribution in [0.4, 0.5) is 5.69 Å². The highest BCUT2D eigenvalue weighted by molar-refractivity contribution is 8.00. The summed E-state index contributed by atoms with van der Waals surface area (Å²) in [5, 5.41) is 6.75. The predicted molar refractivity (Wildman–Crippen MR) is 129 cm³/mol. The van der Waals surface area contributed by atoms with Gasteiger partial charge < -0.3 is 5.32 Å². The van der Waals surface area contributed by atoms with Gasteiger partial charge in [0.05, 0.1) is 5.03 Å². The van der Waals surface area contributed by atoms with Crippen molar-refractivity contribution in [1.29, 1.82) is 0 Å². The van der Waals surface area contributed by atoms with Gasteiger partial charge in [0, 0.05) is 26.6 Å². The molecule has 3 aliphatic rings. The Morgan fingerprint density at radius 1 is 1.16 bits per heavy atom. The van der Waals surface area contributed by atoms with Crippen LogP contribution in [0.25, 0.3) is 0 Å². The molecule has 0 saturated heterocycles. The third-order valence-corrected chi connectivity index (χ3v) is 11.0. The smallest absolute Gasteiger partial charge is 0.308 e. The Balaban J connectivity index is 1.36. The van der Waals surface area contributed by atoms with Crippen LogP contribution in [0, 0.1) is 24.7 Å². The maximum atomic E-state index is 13.1. The van der Waals surface area contributed by atoms with E-state index in [2.05, 4.69) is 22.8 Å². The lowest BCUT2D eigenvalue weighted by molar-refractivity contribution is -0.116. The van der Waals surface area contributed by atoms with Gasteiger partial charge in [-0.25, -0.2) is 0 Å². The Bertz CT molecular complexity index is 1200. The van der Waals surface area contributed by atoms with Crippen molar-refractivity contribution in [2.75, 3.05) is 5.32 Å². The van der Waals surface area contributed by atoms with Crippen molar-refractivity contribution in [3.63, 3.8) is 0 Å². The molecule has 1 N–H and O–H groups in total. The van der Waals surface area contributed by atoms with Gasteiger partial charge in [-0.3, -0.25) is 14.2 Å². The highest BCUT2D eigenvalue weighted by Crippen LogP contribution is 2.64. The van der Waals surface area contributed by atoms with Gasteiger partial charge in [0.25, 0.3) is 0 Å². The van der Waals surface area contributed by atoms with Gasteiger partial charge in [-0.05, 0) is 67.0 Å². The van der Waals surface area contributed by atoms with E-state index in [9.17, 15) is 9.59 Å². The van der Waals surface area contributed by atoms with Gasteiger partial charge in [0.2, 0.25) is 5.91 Å². The van der Waals surface area contributed by atoms with Crippen molar-refractivity contribution in [1.82, 2.24) is 4.57 Å². The quantitative estimate of drug-likeness (QED) is 0.545. The first-order valence-corrected chi connectivity index (χ1v) is 13.5. The molecule has 2 fully saturated rings. The molecule has 1 amide bonds. The Kier molecular flexibility index (Phi) is 4.89. The molecule has 4 unspecified atom stereocenters. The number of aromatic nitrogens is 1. The van der Waals surface area contributed by atoms with Crippen molar-refractivity contribution in [3.8, 4) is 0 Å². The number of benzene rings is 1. The first-order chi connectivity index (χ1) is 15.1. The summed E-state index contributed by atoms with van der Waals surface area (Å²) in [5.41, 5.74) is 1.83. The summed E-state index contributed by atoms with van der Waals surface area (Å²) in [6.07, 6.45) is 3.97. The van der Waals surface area contributed by atoms with Crippen molar-refractivity contribution in [3.05, 3.63) is 66.8 Å². The first-order valence-electron chi connectivity index (χ1n) is 10.9. The largest absolute Gasteiger partial charge is 0.324 e. The molecule has 2 bridgehead atoms. The molecular weight excluding hydrogens is 444 g/mol. The highest BCUT2D eigenvalue weighted by atomic mass is 32.2. The molecule has 31 heavy (non-hydrogen) atoms. The van der Waals surface area contributed by atoms with Crippen LogP contribution in [0.5, 0.6) is 0 Å². The van der Waals surface area contributed by atoms with Crippen molar-refractivity contribution >= 4 is 46.0 Å². The van der Waals surface area contributed by atoms with Crippen molar-refractivity contribution < 1.29 is 4.79 Å². The second-order valence-corrected chi connectivity index (χ2v) is 12.1. The summed E-state index contributed by atoms with van der Waals surface area (Å²) in [7, 11) is 0. The fourth-order valence-electron chi connectivity index (χ4n) is 5.92. The number of fused-ring (bicyclic) bond motifs is 6. The molecule has 160 valence electrons. The molecule has 0 spiro atoms. The zero-order valence-corrected chi connectivity index (χ0v) is 19.7. The van der Waals surface area contributed by atoms with E-state index in [1.807, 2.05) is 54.3 Å². The van der Waals surface area contributed by atoms with Gasteiger partial charge in [-0.15, -0.1) is 23.1 Å². The summed E-state index contributed by atoms with van der Waals surface area (Å²) in [6, 6.07) is 12.1. The summed E-state index contributed by atoms with van der Waals surface area (Å²) in [6.45, 7) is 2.06. The predicted octanol–water partition coefficient (Wildman–Crippen LogP) is 5.57. The Hall–Kier alpha value is -1.83. The number of nitrogens with one attached hydrogen (secondary N) is 1. The first kappa shape index (κ1) is 19.8. The molecule has 6 rings (SSSR count). The van der Waals surface area contributed by atoms with E-state index >= 15 is 0 Å². The summed E-state index contributed by atoms with van der Waals surface area (Å²) < 4.78 is 1.74. The number of rotatable bonds is 4. The topological polar surface area (TPSA) is 51.1 Å². The maximum absolute atomic E-state index is 13.1. The number of thiazole rings is 1. The van der Waals surface area contributed by atoms with Crippen LogP contribution in [-0.4, -0.2) is 15.7 Å². The van der Waals surface area contributed by atoms with E-state index in [0.717, 1.165) is 28.1 Å². The van der Waals surface area contributed by atoms with Gasteiger partial charge >= 0.3 is 4.87 Å². The van der Waals surface area contributed by atoms with Gasteiger partial charge in [0.1, 0.15) is 6.54 Å². The highest BCUT2D eigenvalue weighted by Gasteiger charge is 2.55. The van der Waals surface area contributed by atoms with E-state index in [0.29, 0.717) is 17.1 Å². The lowest BCUT2D eigenvalue weighted by Gasteiger charge is -2.40.